The molecule has 0 bridgehead atoms. The monoisotopic (exact) mass is 334 g/mol. The molecule has 0 fully saturated rings. The summed E-state index contributed by atoms with van der Waals surface area (Å²) in [6.45, 7) is 4.24. The van der Waals surface area contributed by atoms with E-state index in [0.717, 1.165) is 6.07 Å². The van der Waals surface area contributed by atoms with Gasteiger partial charge in [0.25, 0.3) is 5.91 Å². The summed E-state index contributed by atoms with van der Waals surface area (Å²) < 4.78 is 13.5. The number of benzene rings is 1. The van der Waals surface area contributed by atoms with E-state index in [2.05, 4.69) is 15.3 Å². The van der Waals surface area contributed by atoms with Crippen LogP contribution in [0.2, 0.25) is 0 Å². The molecular formula is C13H17Cl2FN4O. The van der Waals surface area contributed by atoms with Gasteiger partial charge in [0.2, 0.25) is 0 Å². The van der Waals surface area contributed by atoms with Gasteiger partial charge in [0, 0.05) is 19.2 Å². The highest BCUT2D eigenvalue weighted by atomic mass is 35.5. The lowest BCUT2D eigenvalue weighted by molar-refractivity contribution is 0.0956. The van der Waals surface area contributed by atoms with Gasteiger partial charge in [-0.3, -0.25) is 4.79 Å². The molecule has 5 nitrogen and oxygen atoms in total. The first kappa shape index (κ1) is 19.5. The third-order valence-electron chi connectivity index (χ3n) is 2.82. The smallest absolute Gasteiger partial charge is 0.253 e. The fourth-order valence-electron chi connectivity index (χ4n) is 1.75. The summed E-state index contributed by atoms with van der Waals surface area (Å²) >= 11 is 0. The van der Waals surface area contributed by atoms with Gasteiger partial charge in [-0.15, -0.1) is 24.8 Å². The Morgan fingerprint density at radius 1 is 1.24 bits per heavy atom. The summed E-state index contributed by atoms with van der Waals surface area (Å²) in [6.07, 6.45) is 0. The third kappa shape index (κ3) is 4.23. The van der Waals surface area contributed by atoms with Gasteiger partial charge in [-0.2, -0.15) is 0 Å². The number of aryl methyl sites for hydroxylation is 2. The van der Waals surface area contributed by atoms with Crippen molar-refractivity contribution in [3.63, 3.8) is 0 Å². The molecule has 116 valence electrons. The van der Waals surface area contributed by atoms with E-state index in [9.17, 15) is 9.18 Å². The zero-order valence-corrected chi connectivity index (χ0v) is 13.3. The maximum absolute atomic E-state index is 13.5. The lowest BCUT2D eigenvalue weighted by Gasteiger charge is -2.08. The van der Waals surface area contributed by atoms with Crippen molar-refractivity contribution < 1.29 is 9.18 Å². The van der Waals surface area contributed by atoms with Crippen LogP contribution in [-0.2, 0) is 0 Å². The van der Waals surface area contributed by atoms with Crippen molar-refractivity contribution in [2.24, 2.45) is 5.73 Å². The number of hydrogen-bond acceptors (Lipinski definition) is 4. The van der Waals surface area contributed by atoms with Gasteiger partial charge in [-0.05, 0) is 19.9 Å². The molecule has 1 heterocycles. The fourth-order valence-corrected chi connectivity index (χ4v) is 1.75. The van der Waals surface area contributed by atoms with Gasteiger partial charge in [-0.25, -0.2) is 14.4 Å². The van der Waals surface area contributed by atoms with E-state index in [1.807, 2.05) is 0 Å². The Labute approximate surface area is 134 Å². The van der Waals surface area contributed by atoms with Crippen molar-refractivity contribution in [3.05, 3.63) is 34.9 Å². The van der Waals surface area contributed by atoms with Crippen LogP contribution in [-0.4, -0.2) is 29.0 Å². The number of nitrogens with two attached hydrogens (primary N) is 1. The maximum atomic E-state index is 13.5. The van der Waals surface area contributed by atoms with Gasteiger partial charge >= 0.3 is 0 Å². The number of fused-ring (bicyclic) bond motifs is 1. The van der Waals surface area contributed by atoms with Crippen molar-refractivity contribution in [2.45, 2.75) is 13.8 Å². The number of aromatic nitrogens is 2. The molecule has 0 saturated heterocycles. The minimum Gasteiger partial charge on any atom is -0.351 e. The van der Waals surface area contributed by atoms with Crippen LogP contribution in [0.15, 0.2) is 12.1 Å². The number of nitrogens with one attached hydrogen (secondary N) is 1. The van der Waals surface area contributed by atoms with Crippen LogP contribution in [0.25, 0.3) is 11.0 Å². The summed E-state index contributed by atoms with van der Waals surface area (Å²) in [5.74, 6) is -0.907. The highest BCUT2D eigenvalue weighted by Gasteiger charge is 2.14. The highest BCUT2D eigenvalue weighted by molar-refractivity contribution is 6.04. The molecule has 0 saturated carbocycles. The second kappa shape index (κ2) is 8.07. The van der Waals surface area contributed by atoms with Crippen molar-refractivity contribution in [3.8, 4) is 0 Å². The zero-order chi connectivity index (χ0) is 14.0. The second-order valence-corrected chi connectivity index (χ2v) is 4.26. The molecule has 2 rings (SSSR count). The van der Waals surface area contributed by atoms with E-state index in [0.29, 0.717) is 35.5 Å². The molecule has 0 aliphatic heterocycles. The van der Waals surface area contributed by atoms with Crippen LogP contribution >= 0.6 is 24.8 Å². The average molecular weight is 335 g/mol. The predicted molar refractivity (Wildman–Crippen MR) is 84.9 cm³/mol. The van der Waals surface area contributed by atoms with E-state index >= 15 is 0 Å². The topological polar surface area (TPSA) is 80.9 Å². The number of carbonyl (C=O) groups excluding carboxylic acids is 1. The van der Waals surface area contributed by atoms with Crippen molar-refractivity contribution in [1.29, 1.82) is 0 Å². The maximum Gasteiger partial charge on any atom is 0.253 e. The molecule has 3 N–H and O–H groups in total. The normalized spacial score (nSPS) is 9.71. The van der Waals surface area contributed by atoms with Crippen LogP contribution in [0.3, 0.4) is 0 Å². The number of amides is 1. The number of hydrogen-bond donors (Lipinski definition) is 2. The van der Waals surface area contributed by atoms with Crippen LogP contribution in [0.5, 0.6) is 0 Å². The van der Waals surface area contributed by atoms with Crippen molar-refractivity contribution in [1.82, 2.24) is 15.3 Å². The SMILES string of the molecule is Cc1nc2cc(F)cc(C(=O)NCCN)c2nc1C.Cl.Cl. The Kier molecular flexibility index (Phi) is 7.49. The van der Waals surface area contributed by atoms with Gasteiger partial charge in [0.1, 0.15) is 11.3 Å². The number of rotatable bonds is 3. The number of halogens is 3. The minimum atomic E-state index is -0.511. The summed E-state index contributed by atoms with van der Waals surface area (Å²) in [7, 11) is 0. The fraction of sp³-hybridized carbons (Fsp3) is 0.308. The number of carbonyl (C=O) groups is 1. The van der Waals surface area contributed by atoms with E-state index in [1.54, 1.807) is 13.8 Å². The Bertz CT molecular complexity index is 652. The molecule has 1 amide bonds. The summed E-state index contributed by atoms with van der Waals surface area (Å²) in [5.41, 5.74) is 7.71. The lowest BCUT2D eigenvalue weighted by Crippen LogP contribution is -2.29. The molecule has 0 spiro atoms. The molecular weight excluding hydrogens is 318 g/mol. The molecule has 8 heteroatoms. The summed E-state index contributed by atoms with van der Waals surface area (Å²) in [6, 6.07) is 2.44. The minimum absolute atomic E-state index is 0. The van der Waals surface area contributed by atoms with E-state index in [1.165, 1.54) is 6.07 Å². The van der Waals surface area contributed by atoms with Gasteiger partial charge in [0.05, 0.1) is 22.5 Å². The summed E-state index contributed by atoms with van der Waals surface area (Å²) in [4.78, 5) is 20.5. The Morgan fingerprint density at radius 3 is 2.48 bits per heavy atom. The zero-order valence-electron chi connectivity index (χ0n) is 11.6. The molecule has 1 aromatic carbocycles. The molecule has 0 radical (unpaired) electrons. The first-order valence-corrected chi connectivity index (χ1v) is 5.95. The predicted octanol–water partition coefficient (Wildman–Crippen LogP) is 1.92. The van der Waals surface area contributed by atoms with Crippen LogP contribution in [0, 0.1) is 19.7 Å². The molecule has 0 aliphatic rings. The molecule has 21 heavy (non-hydrogen) atoms. The first-order chi connectivity index (χ1) is 9.02. The largest absolute Gasteiger partial charge is 0.351 e. The van der Waals surface area contributed by atoms with Crippen LogP contribution < -0.4 is 11.1 Å². The molecule has 0 atom stereocenters. The average Bonchev–Trinajstić information content (AvgIpc) is 2.37. The third-order valence-corrected chi connectivity index (χ3v) is 2.82. The lowest BCUT2D eigenvalue weighted by atomic mass is 10.1. The van der Waals surface area contributed by atoms with Crippen molar-refractivity contribution >= 4 is 41.8 Å². The molecule has 2 aromatic rings. The standard InChI is InChI=1S/C13H15FN4O.2ClH/c1-7-8(2)18-12-10(13(19)16-4-3-15)5-9(14)6-11(12)17-7;;/h5-6H,3-4,15H2,1-2H3,(H,16,19);2*1H. The van der Waals surface area contributed by atoms with E-state index in [4.69, 9.17) is 5.73 Å². The van der Waals surface area contributed by atoms with Gasteiger partial charge in [0.15, 0.2) is 0 Å². The van der Waals surface area contributed by atoms with E-state index in [-0.39, 0.29) is 30.4 Å². The Hall–Kier alpha value is -1.50. The first-order valence-electron chi connectivity index (χ1n) is 5.95. The molecule has 0 unspecified atom stereocenters. The highest BCUT2D eigenvalue weighted by Crippen LogP contribution is 2.19. The van der Waals surface area contributed by atoms with E-state index < -0.39 is 11.7 Å². The number of nitrogens with zero attached hydrogens (tertiary/aromatic N) is 2. The van der Waals surface area contributed by atoms with Gasteiger partial charge in [-0.1, -0.05) is 0 Å². The Balaban J connectivity index is 0.00000200. The van der Waals surface area contributed by atoms with Crippen LogP contribution in [0.4, 0.5) is 4.39 Å². The summed E-state index contributed by atoms with van der Waals surface area (Å²) in [5, 5.41) is 2.60. The Morgan fingerprint density at radius 2 is 1.86 bits per heavy atom. The quantitative estimate of drug-likeness (QED) is 0.898. The molecule has 1 aromatic heterocycles. The molecule has 0 aliphatic carbocycles. The second-order valence-electron chi connectivity index (χ2n) is 4.26. The van der Waals surface area contributed by atoms with Crippen LogP contribution in [0.1, 0.15) is 21.7 Å². The van der Waals surface area contributed by atoms with Crippen molar-refractivity contribution in [2.75, 3.05) is 13.1 Å². The van der Waals surface area contributed by atoms with Gasteiger partial charge < -0.3 is 11.1 Å².